The second kappa shape index (κ2) is 5.89. The molecule has 1 aromatic carbocycles. The van der Waals surface area contributed by atoms with Crippen LogP contribution in [-0.4, -0.2) is 21.4 Å². The Kier molecular flexibility index (Phi) is 4.21. The summed E-state index contributed by atoms with van der Waals surface area (Å²) in [6.07, 6.45) is 0. The minimum absolute atomic E-state index is 0.0465. The van der Waals surface area contributed by atoms with E-state index in [1.807, 2.05) is 30.3 Å². The highest BCUT2D eigenvalue weighted by Crippen LogP contribution is 2.13. The van der Waals surface area contributed by atoms with Gasteiger partial charge in [-0.1, -0.05) is 30.3 Å². The minimum Gasteiger partial charge on any atom is -0.438 e. The van der Waals surface area contributed by atoms with Crippen molar-refractivity contribution in [2.45, 2.75) is 11.6 Å². The number of hydrogen-bond donors (Lipinski definition) is 2. The zero-order chi connectivity index (χ0) is 14.6. The number of carbonyl (C=O) groups excluding carboxylic acids is 1. The summed E-state index contributed by atoms with van der Waals surface area (Å²) in [5.74, 6) is -0.513. The smallest absolute Gasteiger partial charge is 0.287 e. The predicted molar refractivity (Wildman–Crippen MR) is 72.6 cm³/mol. The highest BCUT2D eigenvalue weighted by atomic mass is 32.2. The van der Waals surface area contributed by atoms with Crippen molar-refractivity contribution in [3.05, 3.63) is 53.8 Å². The Morgan fingerprint density at radius 1 is 1.15 bits per heavy atom. The van der Waals surface area contributed by atoms with Gasteiger partial charge in [-0.3, -0.25) is 4.79 Å². The van der Waals surface area contributed by atoms with Crippen LogP contribution in [0.4, 0.5) is 0 Å². The Labute approximate surface area is 116 Å². The predicted octanol–water partition coefficient (Wildman–Crippen LogP) is 1.12. The van der Waals surface area contributed by atoms with Crippen LogP contribution in [0.5, 0.6) is 0 Å². The van der Waals surface area contributed by atoms with Crippen LogP contribution in [0.1, 0.15) is 16.1 Å². The number of benzene rings is 1. The molecule has 7 heteroatoms. The molecule has 1 amide bonds. The molecule has 2 aromatic rings. The standard InChI is InChI=1S/C13H14N2O4S/c1-14-20(17,18)12-8-7-11(19-12)13(16)15-9-10-5-3-2-4-6-10/h2-8,14H,9H2,1H3,(H,15,16). The largest absolute Gasteiger partial charge is 0.438 e. The summed E-state index contributed by atoms with van der Waals surface area (Å²) in [4.78, 5) is 11.8. The molecular weight excluding hydrogens is 280 g/mol. The molecule has 0 saturated heterocycles. The van der Waals surface area contributed by atoms with Gasteiger partial charge in [-0.25, -0.2) is 13.1 Å². The highest BCUT2D eigenvalue weighted by Gasteiger charge is 2.19. The lowest BCUT2D eigenvalue weighted by Gasteiger charge is -2.03. The third kappa shape index (κ3) is 3.25. The van der Waals surface area contributed by atoms with Gasteiger partial charge in [-0.05, 0) is 24.7 Å². The monoisotopic (exact) mass is 294 g/mol. The molecule has 2 N–H and O–H groups in total. The fraction of sp³-hybridized carbons (Fsp3) is 0.154. The molecule has 20 heavy (non-hydrogen) atoms. The second-order valence-electron chi connectivity index (χ2n) is 3.99. The Balaban J connectivity index is 2.04. The Hall–Kier alpha value is -2.12. The molecule has 0 aliphatic heterocycles. The number of amides is 1. The number of carbonyl (C=O) groups is 1. The molecule has 0 fully saturated rings. The van der Waals surface area contributed by atoms with Crippen molar-refractivity contribution >= 4 is 15.9 Å². The number of furan rings is 1. The lowest BCUT2D eigenvalue weighted by molar-refractivity contribution is 0.0918. The summed E-state index contributed by atoms with van der Waals surface area (Å²) >= 11 is 0. The van der Waals surface area contributed by atoms with E-state index in [2.05, 4.69) is 10.0 Å². The molecule has 106 valence electrons. The molecule has 0 atom stereocenters. The van der Waals surface area contributed by atoms with Gasteiger partial charge in [-0.15, -0.1) is 0 Å². The lowest BCUT2D eigenvalue weighted by Crippen LogP contribution is -2.22. The van der Waals surface area contributed by atoms with Crippen molar-refractivity contribution < 1.29 is 17.6 Å². The van der Waals surface area contributed by atoms with Crippen molar-refractivity contribution in [1.82, 2.24) is 10.0 Å². The Morgan fingerprint density at radius 3 is 2.50 bits per heavy atom. The van der Waals surface area contributed by atoms with Crippen LogP contribution in [0.25, 0.3) is 0 Å². The average molecular weight is 294 g/mol. The van der Waals surface area contributed by atoms with E-state index in [0.29, 0.717) is 6.54 Å². The molecule has 0 aliphatic rings. The first-order valence-electron chi connectivity index (χ1n) is 5.88. The maximum absolute atomic E-state index is 11.8. The summed E-state index contributed by atoms with van der Waals surface area (Å²) in [7, 11) is -2.40. The first-order chi connectivity index (χ1) is 9.53. The fourth-order valence-corrected chi connectivity index (χ4v) is 2.20. The quantitative estimate of drug-likeness (QED) is 0.865. The maximum atomic E-state index is 11.8. The molecule has 0 bridgehead atoms. The summed E-state index contributed by atoms with van der Waals surface area (Å²) in [6.45, 7) is 0.342. The van der Waals surface area contributed by atoms with E-state index in [1.54, 1.807) is 0 Å². The molecular formula is C13H14N2O4S. The van der Waals surface area contributed by atoms with Gasteiger partial charge in [-0.2, -0.15) is 0 Å². The minimum atomic E-state index is -3.67. The summed E-state index contributed by atoms with van der Waals surface area (Å²) in [5, 5.41) is 2.36. The summed E-state index contributed by atoms with van der Waals surface area (Å²) in [6, 6.07) is 11.9. The maximum Gasteiger partial charge on any atom is 0.287 e. The first kappa shape index (κ1) is 14.3. The summed E-state index contributed by atoms with van der Waals surface area (Å²) in [5.41, 5.74) is 0.940. The zero-order valence-electron chi connectivity index (χ0n) is 10.8. The average Bonchev–Trinajstić information content (AvgIpc) is 2.96. The van der Waals surface area contributed by atoms with Crippen molar-refractivity contribution in [1.29, 1.82) is 0 Å². The van der Waals surface area contributed by atoms with Crippen LogP contribution in [0.2, 0.25) is 0 Å². The molecule has 1 heterocycles. The van der Waals surface area contributed by atoms with E-state index in [1.165, 1.54) is 19.2 Å². The van der Waals surface area contributed by atoms with E-state index < -0.39 is 15.9 Å². The van der Waals surface area contributed by atoms with Crippen LogP contribution in [0, 0.1) is 0 Å². The van der Waals surface area contributed by atoms with Gasteiger partial charge in [0.15, 0.2) is 5.76 Å². The van der Waals surface area contributed by atoms with E-state index in [0.717, 1.165) is 5.56 Å². The third-order valence-corrected chi connectivity index (χ3v) is 3.92. The Bertz CT molecular complexity index is 692. The van der Waals surface area contributed by atoms with E-state index in [4.69, 9.17) is 4.42 Å². The molecule has 2 rings (SSSR count). The molecule has 6 nitrogen and oxygen atoms in total. The second-order valence-corrected chi connectivity index (χ2v) is 5.81. The molecule has 0 unspecified atom stereocenters. The molecule has 0 aliphatic carbocycles. The van der Waals surface area contributed by atoms with Crippen LogP contribution in [-0.2, 0) is 16.6 Å². The van der Waals surface area contributed by atoms with Gasteiger partial charge in [0.25, 0.3) is 15.9 Å². The molecule has 0 saturated carbocycles. The number of sulfonamides is 1. The molecule has 0 radical (unpaired) electrons. The Morgan fingerprint density at radius 2 is 1.85 bits per heavy atom. The van der Waals surface area contributed by atoms with Gasteiger partial charge in [0.05, 0.1) is 0 Å². The number of rotatable bonds is 5. The molecule has 1 aromatic heterocycles. The van der Waals surface area contributed by atoms with Crippen LogP contribution in [0.15, 0.2) is 52.0 Å². The number of hydrogen-bond acceptors (Lipinski definition) is 4. The third-order valence-electron chi connectivity index (χ3n) is 2.63. The van der Waals surface area contributed by atoms with Gasteiger partial charge in [0, 0.05) is 6.54 Å². The van der Waals surface area contributed by atoms with E-state index in [-0.39, 0.29) is 10.9 Å². The molecule has 0 spiro atoms. The SMILES string of the molecule is CNS(=O)(=O)c1ccc(C(=O)NCc2ccccc2)o1. The van der Waals surface area contributed by atoms with Gasteiger partial charge < -0.3 is 9.73 Å². The highest BCUT2D eigenvalue weighted by molar-refractivity contribution is 7.89. The van der Waals surface area contributed by atoms with Crippen molar-refractivity contribution in [3.8, 4) is 0 Å². The van der Waals surface area contributed by atoms with Crippen LogP contribution >= 0.6 is 0 Å². The zero-order valence-corrected chi connectivity index (χ0v) is 11.6. The number of nitrogens with one attached hydrogen (secondary N) is 2. The normalized spacial score (nSPS) is 11.2. The van der Waals surface area contributed by atoms with Crippen molar-refractivity contribution in [3.63, 3.8) is 0 Å². The van der Waals surface area contributed by atoms with Crippen LogP contribution in [0.3, 0.4) is 0 Å². The van der Waals surface area contributed by atoms with Crippen LogP contribution < -0.4 is 10.0 Å². The first-order valence-corrected chi connectivity index (χ1v) is 7.37. The van der Waals surface area contributed by atoms with Gasteiger partial charge in [0.1, 0.15) is 0 Å². The van der Waals surface area contributed by atoms with Gasteiger partial charge >= 0.3 is 0 Å². The summed E-state index contributed by atoms with van der Waals surface area (Å²) < 4.78 is 30.1. The fourth-order valence-electron chi connectivity index (χ4n) is 1.55. The van der Waals surface area contributed by atoms with Crippen molar-refractivity contribution in [2.75, 3.05) is 7.05 Å². The topological polar surface area (TPSA) is 88.4 Å². The van der Waals surface area contributed by atoms with E-state index >= 15 is 0 Å². The van der Waals surface area contributed by atoms with E-state index in [9.17, 15) is 13.2 Å². The van der Waals surface area contributed by atoms with Gasteiger partial charge in [0.2, 0.25) is 5.09 Å². The van der Waals surface area contributed by atoms with Crippen molar-refractivity contribution in [2.24, 2.45) is 0 Å². The lowest BCUT2D eigenvalue weighted by atomic mass is 10.2.